The Kier molecular flexibility index (Phi) is 3.04. The van der Waals surface area contributed by atoms with Gasteiger partial charge in [0.1, 0.15) is 0 Å². The van der Waals surface area contributed by atoms with Crippen LogP contribution in [0.3, 0.4) is 0 Å². The average molecular weight is 212 g/mol. The fraction of sp³-hybridized carbons (Fsp3) is 0.143. The molecule has 4 N–H and O–H groups in total. The minimum atomic E-state index is -0.579. The van der Waals surface area contributed by atoms with Gasteiger partial charge in [0.25, 0.3) is 0 Å². The van der Waals surface area contributed by atoms with E-state index in [0.29, 0.717) is 0 Å². The Morgan fingerprint density at radius 3 is 2.56 bits per heavy atom. The van der Waals surface area contributed by atoms with Crippen LogP contribution in [0, 0.1) is 0 Å². The Morgan fingerprint density at radius 2 is 1.88 bits per heavy atom. The molecule has 0 amide bonds. The minimum absolute atomic E-state index is 0.169. The molecule has 0 bridgehead atoms. The molecule has 16 heavy (non-hydrogen) atoms. The highest BCUT2D eigenvalue weighted by atomic mass is 14.8. The second-order valence-electron chi connectivity index (χ2n) is 4.01. The van der Waals surface area contributed by atoms with Crippen LogP contribution in [0.15, 0.2) is 60.7 Å². The molecule has 0 saturated heterocycles. The summed E-state index contributed by atoms with van der Waals surface area (Å²) >= 11 is 0. The molecule has 0 aliphatic heterocycles. The third-order valence-corrected chi connectivity index (χ3v) is 2.76. The van der Waals surface area contributed by atoms with Gasteiger partial charge in [-0.2, -0.15) is 0 Å². The maximum Gasteiger partial charge on any atom is 0.0721 e. The van der Waals surface area contributed by atoms with Gasteiger partial charge in [-0.05, 0) is 5.56 Å². The zero-order valence-electron chi connectivity index (χ0n) is 9.08. The van der Waals surface area contributed by atoms with Gasteiger partial charge in [-0.3, -0.25) is 0 Å². The van der Waals surface area contributed by atoms with Crippen molar-refractivity contribution in [1.29, 1.82) is 0 Å². The number of benzene rings is 1. The van der Waals surface area contributed by atoms with Gasteiger partial charge in [-0.1, -0.05) is 66.8 Å². The van der Waals surface area contributed by atoms with Gasteiger partial charge in [0.2, 0.25) is 0 Å². The van der Waals surface area contributed by atoms with E-state index in [9.17, 15) is 0 Å². The Bertz CT molecular complexity index is 431. The van der Waals surface area contributed by atoms with E-state index in [2.05, 4.69) is 0 Å². The summed E-state index contributed by atoms with van der Waals surface area (Å²) in [5.74, 6) is 0. The van der Waals surface area contributed by atoms with Crippen LogP contribution >= 0.6 is 0 Å². The van der Waals surface area contributed by atoms with E-state index in [-0.39, 0.29) is 6.04 Å². The molecule has 0 fully saturated rings. The summed E-state index contributed by atoms with van der Waals surface area (Å²) in [6, 6.07) is 9.89. The molecule has 82 valence electrons. The molecule has 1 aromatic rings. The van der Waals surface area contributed by atoms with Crippen LogP contribution in [0.25, 0.3) is 6.08 Å². The smallest absolute Gasteiger partial charge is 0.0721 e. The summed E-state index contributed by atoms with van der Waals surface area (Å²) in [4.78, 5) is 0. The molecule has 0 unspecified atom stereocenters. The van der Waals surface area contributed by atoms with Gasteiger partial charge in [-0.25, -0.2) is 0 Å². The highest BCUT2D eigenvalue weighted by Crippen LogP contribution is 2.17. The third-order valence-electron chi connectivity index (χ3n) is 2.76. The fourth-order valence-corrected chi connectivity index (χ4v) is 1.66. The van der Waals surface area contributed by atoms with Crippen molar-refractivity contribution in [2.45, 2.75) is 11.6 Å². The Hall–Kier alpha value is -1.64. The summed E-state index contributed by atoms with van der Waals surface area (Å²) in [6.07, 6.45) is 11.6. The van der Waals surface area contributed by atoms with E-state index in [4.69, 9.17) is 11.5 Å². The predicted octanol–water partition coefficient (Wildman–Crippen LogP) is 1.85. The maximum absolute atomic E-state index is 6.20. The van der Waals surface area contributed by atoms with E-state index >= 15 is 0 Å². The molecule has 0 spiro atoms. The number of hydrogen-bond donors (Lipinski definition) is 2. The first kappa shape index (κ1) is 10.9. The Morgan fingerprint density at radius 1 is 1.12 bits per heavy atom. The molecule has 2 nitrogen and oxygen atoms in total. The average Bonchev–Trinajstić information content (AvgIpc) is 2.32. The molecule has 1 aromatic carbocycles. The normalized spacial score (nSPS) is 28.8. The van der Waals surface area contributed by atoms with Gasteiger partial charge in [-0.15, -0.1) is 0 Å². The summed E-state index contributed by atoms with van der Waals surface area (Å²) in [5, 5.41) is 0. The molecular weight excluding hydrogens is 196 g/mol. The molecule has 1 aliphatic rings. The van der Waals surface area contributed by atoms with Crippen molar-refractivity contribution in [3.05, 3.63) is 66.3 Å². The van der Waals surface area contributed by atoms with Crippen LogP contribution in [0.4, 0.5) is 0 Å². The zero-order valence-corrected chi connectivity index (χ0v) is 9.08. The molecule has 0 saturated carbocycles. The maximum atomic E-state index is 6.20. The number of allylic oxidation sites excluding steroid dienone is 2. The Labute approximate surface area is 96.0 Å². The van der Waals surface area contributed by atoms with Crippen LogP contribution in [0.5, 0.6) is 0 Å². The molecule has 2 atom stereocenters. The second-order valence-corrected chi connectivity index (χ2v) is 4.01. The molecule has 0 radical (unpaired) electrons. The molecular formula is C14H16N2. The van der Waals surface area contributed by atoms with Crippen molar-refractivity contribution < 1.29 is 0 Å². The van der Waals surface area contributed by atoms with Gasteiger partial charge < -0.3 is 11.5 Å². The van der Waals surface area contributed by atoms with Crippen molar-refractivity contribution in [2.75, 3.05) is 0 Å². The van der Waals surface area contributed by atoms with E-state index in [1.54, 1.807) is 0 Å². The van der Waals surface area contributed by atoms with Crippen LogP contribution in [0.2, 0.25) is 0 Å². The minimum Gasteiger partial charge on any atom is -0.322 e. The molecule has 2 rings (SSSR count). The third kappa shape index (κ3) is 2.30. The highest BCUT2D eigenvalue weighted by Gasteiger charge is 2.25. The van der Waals surface area contributed by atoms with E-state index in [1.165, 1.54) is 0 Å². The first-order valence-corrected chi connectivity index (χ1v) is 5.35. The van der Waals surface area contributed by atoms with Crippen molar-refractivity contribution >= 4 is 6.08 Å². The monoisotopic (exact) mass is 212 g/mol. The second kappa shape index (κ2) is 4.47. The van der Waals surface area contributed by atoms with Crippen molar-refractivity contribution in [1.82, 2.24) is 0 Å². The van der Waals surface area contributed by atoms with Gasteiger partial charge in [0.15, 0.2) is 0 Å². The number of hydrogen-bond acceptors (Lipinski definition) is 2. The summed E-state index contributed by atoms with van der Waals surface area (Å²) in [5.41, 5.74) is 12.7. The molecule has 0 heterocycles. The van der Waals surface area contributed by atoms with Gasteiger partial charge >= 0.3 is 0 Å². The first-order chi connectivity index (χ1) is 7.71. The number of nitrogens with two attached hydrogens (primary N) is 2. The molecule has 2 heteroatoms. The van der Waals surface area contributed by atoms with E-state index in [1.807, 2.05) is 66.8 Å². The van der Waals surface area contributed by atoms with Crippen LogP contribution in [-0.4, -0.2) is 11.6 Å². The van der Waals surface area contributed by atoms with Crippen LogP contribution in [-0.2, 0) is 0 Å². The topological polar surface area (TPSA) is 52.0 Å². The summed E-state index contributed by atoms with van der Waals surface area (Å²) < 4.78 is 0. The van der Waals surface area contributed by atoms with Gasteiger partial charge in [0.05, 0.1) is 5.54 Å². The lowest BCUT2D eigenvalue weighted by atomic mass is 9.87. The summed E-state index contributed by atoms with van der Waals surface area (Å²) in [6.45, 7) is 0. The predicted molar refractivity (Wildman–Crippen MR) is 68.6 cm³/mol. The van der Waals surface area contributed by atoms with Crippen LogP contribution < -0.4 is 11.5 Å². The van der Waals surface area contributed by atoms with Crippen molar-refractivity contribution in [2.24, 2.45) is 11.5 Å². The van der Waals surface area contributed by atoms with E-state index < -0.39 is 5.54 Å². The van der Waals surface area contributed by atoms with Crippen molar-refractivity contribution in [3.63, 3.8) is 0 Å². The van der Waals surface area contributed by atoms with Crippen LogP contribution in [0.1, 0.15) is 5.56 Å². The summed E-state index contributed by atoms with van der Waals surface area (Å²) in [7, 11) is 0. The van der Waals surface area contributed by atoms with E-state index in [0.717, 1.165) is 5.56 Å². The van der Waals surface area contributed by atoms with Gasteiger partial charge in [0, 0.05) is 6.04 Å². The molecule has 1 aliphatic carbocycles. The first-order valence-electron chi connectivity index (χ1n) is 5.35. The standard InChI is InChI=1S/C14H16N2/c15-13-8-4-5-10-14(13,16)11-9-12-6-2-1-3-7-12/h1-11,13H,15-16H2/t13-,14-/m0/s1. The lowest BCUT2D eigenvalue weighted by Gasteiger charge is -2.29. The lowest BCUT2D eigenvalue weighted by molar-refractivity contribution is 0.573. The quantitative estimate of drug-likeness (QED) is 0.786. The van der Waals surface area contributed by atoms with Crippen molar-refractivity contribution in [3.8, 4) is 0 Å². The SMILES string of the molecule is N[C@H]1C=CC=C[C@]1(N)C=Cc1ccccc1. The lowest BCUT2D eigenvalue weighted by Crippen LogP contribution is -2.52. The largest absolute Gasteiger partial charge is 0.322 e. The number of rotatable bonds is 2. The highest BCUT2D eigenvalue weighted by molar-refractivity contribution is 5.53. The zero-order chi connectivity index (χ0) is 11.4. The molecule has 0 aromatic heterocycles. The Balaban J connectivity index is 2.18. The fourth-order valence-electron chi connectivity index (χ4n) is 1.66.